The molecule has 1 aliphatic carbocycles. The van der Waals surface area contributed by atoms with Crippen LogP contribution in [0.4, 0.5) is 5.82 Å². The molecule has 0 radical (unpaired) electrons. The molecule has 1 aromatic carbocycles. The predicted octanol–water partition coefficient (Wildman–Crippen LogP) is 3.34. The lowest BCUT2D eigenvalue weighted by atomic mass is 10.1. The summed E-state index contributed by atoms with van der Waals surface area (Å²) in [7, 11) is 0. The van der Waals surface area contributed by atoms with Gasteiger partial charge in [0.05, 0.1) is 0 Å². The Bertz CT molecular complexity index is 579. The van der Waals surface area contributed by atoms with E-state index in [0.717, 1.165) is 29.3 Å². The lowest BCUT2D eigenvalue weighted by Gasteiger charge is -2.06. The Morgan fingerprint density at radius 2 is 2.17 bits per heavy atom. The van der Waals surface area contributed by atoms with E-state index in [2.05, 4.69) is 42.7 Å². The number of imidazole rings is 1. The first-order valence-electron chi connectivity index (χ1n) is 6.64. The van der Waals surface area contributed by atoms with Gasteiger partial charge in [-0.2, -0.15) is 0 Å². The number of benzene rings is 1. The molecular formula is C15H19N3. The van der Waals surface area contributed by atoms with Crippen molar-refractivity contribution in [2.45, 2.75) is 39.2 Å². The van der Waals surface area contributed by atoms with Crippen molar-refractivity contribution in [1.82, 2.24) is 9.55 Å². The van der Waals surface area contributed by atoms with Gasteiger partial charge in [-0.1, -0.05) is 30.7 Å². The summed E-state index contributed by atoms with van der Waals surface area (Å²) in [6, 6.07) is 8.98. The van der Waals surface area contributed by atoms with Gasteiger partial charge in [0, 0.05) is 18.0 Å². The van der Waals surface area contributed by atoms with Crippen LogP contribution < -0.4 is 5.73 Å². The second-order valence-electron chi connectivity index (χ2n) is 5.09. The van der Waals surface area contributed by atoms with Crippen LogP contribution >= 0.6 is 0 Å². The molecule has 2 aromatic rings. The quantitative estimate of drug-likeness (QED) is 0.895. The molecule has 3 rings (SSSR count). The zero-order valence-corrected chi connectivity index (χ0v) is 11.0. The van der Waals surface area contributed by atoms with Crippen LogP contribution in [0.3, 0.4) is 0 Å². The van der Waals surface area contributed by atoms with E-state index in [4.69, 9.17) is 10.7 Å². The number of hydrogen-bond donors (Lipinski definition) is 1. The van der Waals surface area contributed by atoms with E-state index in [1.807, 2.05) is 0 Å². The normalized spacial score (nSPS) is 15.0. The zero-order chi connectivity index (χ0) is 12.7. The Kier molecular flexibility index (Phi) is 2.62. The molecule has 3 heteroatoms. The number of anilines is 1. The van der Waals surface area contributed by atoms with Crippen molar-refractivity contribution in [1.29, 1.82) is 0 Å². The number of aromatic nitrogens is 2. The minimum absolute atomic E-state index is 0.589. The summed E-state index contributed by atoms with van der Waals surface area (Å²) in [5, 5.41) is 0. The van der Waals surface area contributed by atoms with E-state index in [9.17, 15) is 0 Å². The zero-order valence-electron chi connectivity index (χ0n) is 11.0. The van der Waals surface area contributed by atoms with Crippen molar-refractivity contribution >= 4 is 5.82 Å². The Morgan fingerprint density at radius 3 is 2.78 bits per heavy atom. The lowest BCUT2D eigenvalue weighted by Crippen LogP contribution is -2.04. The van der Waals surface area contributed by atoms with E-state index in [0.29, 0.717) is 6.04 Å². The third-order valence-electron chi connectivity index (χ3n) is 3.54. The second kappa shape index (κ2) is 4.16. The molecule has 1 fully saturated rings. The van der Waals surface area contributed by atoms with Gasteiger partial charge in [0.15, 0.2) is 0 Å². The molecule has 2 N–H and O–H groups in total. The van der Waals surface area contributed by atoms with Gasteiger partial charge >= 0.3 is 0 Å². The number of nitrogen functional groups attached to an aromatic ring is 1. The van der Waals surface area contributed by atoms with Crippen LogP contribution in [0.2, 0.25) is 0 Å². The number of aryl methyl sites for hydroxylation is 2. The van der Waals surface area contributed by atoms with Crippen molar-refractivity contribution in [3.8, 4) is 11.3 Å². The first kappa shape index (κ1) is 11.3. The first-order chi connectivity index (χ1) is 8.70. The van der Waals surface area contributed by atoms with E-state index >= 15 is 0 Å². The average Bonchev–Trinajstić information content (AvgIpc) is 3.13. The van der Waals surface area contributed by atoms with Crippen LogP contribution in [-0.4, -0.2) is 9.55 Å². The number of nitrogens with zero attached hydrogens (tertiary/aromatic N) is 2. The Hall–Kier alpha value is -1.77. The van der Waals surface area contributed by atoms with Gasteiger partial charge in [0.25, 0.3) is 0 Å². The van der Waals surface area contributed by atoms with Crippen molar-refractivity contribution < 1.29 is 0 Å². The molecule has 94 valence electrons. The number of hydrogen-bond acceptors (Lipinski definition) is 2. The molecular weight excluding hydrogens is 222 g/mol. The largest absolute Gasteiger partial charge is 0.383 e. The minimum atomic E-state index is 0.589. The van der Waals surface area contributed by atoms with Gasteiger partial charge in [-0.05, 0) is 25.8 Å². The summed E-state index contributed by atoms with van der Waals surface area (Å²) in [5.41, 5.74) is 9.62. The Labute approximate surface area is 108 Å². The SMILES string of the molecule is CCc1nc(-c2cccc(C)c2)c(N)n1C1CC1. The smallest absolute Gasteiger partial charge is 0.131 e. The van der Waals surface area contributed by atoms with E-state index < -0.39 is 0 Å². The maximum absolute atomic E-state index is 6.30. The minimum Gasteiger partial charge on any atom is -0.383 e. The molecule has 1 saturated carbocycles. The molecule has 18 heavy (non-hydrogen) atoms. The molecule has 0 saturated heterocycles. The lowest BCUT2D eigenvalue weighted by molar-refractivity contribution is 0.696. The van der Waals surface area contributed by atoms with Gasteiger partial charge in [0.2, 0.25) is 0 Å². The van der Waals surface area contributed by atoms with E-state index in [-0.39, 0.29) is 0 Å². The fourth-order valence-electron chi connectivity index (χ4n) is 2.49. The predicted molar refractivity (Wildman–Crippen MR) is 74.5 cm³/mol. The highest BCUT2D eigenvalue weighted by atomic mass is 15.2. The molecule has 1 aliphatic rings. The highest BCUT2D eigenvalue weighted by molar-refractivity contribution is 5.71. The van der Waals surface area contributed by atoms with Crippen LogP contribution in [-0.2, 0) is 6.42 Å². The van der Waals surface area contributed by atoms with Crippen molar-refractivity contribution in [3.05, 3.63) is 35.7 Å². The van der Waals surface area contributed by atoms with Gasteiger partial charge < -0.3 is 10.3 Å². The highest BCUT2D eigenvalue weighted by Gasteiger charge is 2.29. The molecule has 0 amide bonds. The monoisotopic (exact) mass is 241 g/mol. The van der Waals surface area contributed by atoms with Gasteiger partial charge in [0.1, 0.15) is 17.3 Å². The summed E-state index contributed by atoms with van der Waals surface area (Å²) in [6.45, 7) is 4.24. The van der Waals surface area contributed by atoms with Gasteiger partial charge in [-0.15, -0.1) is 0 Å². The number of nitrogens with two attached hydrogens (primary N) is 1. The maximum atomic E-state index is 6.30. The molecule has 0 unspecified atom stereocenters. The van der Waals surface area contributed by atoms with E-state index in [1.165, 1.54) is 18.4 Å². The van der Waals surface area contributed by atoms with Crippen LogP contribution in [0, 0.1) is 6.92 Å². The molecule has 3 nitrogen and oxygen atoms in total. The molecule has 0 aliphatic heterocycles. The van der Waals surface area contributed by atoms with Crippen molar-refractivity contribution in [3.63, 3.8) is 0 Å². The summed E-state index contributed by atoms with van der Waals surface area (Å²) < 4.78 is 2.23. The Morgan fingerprint density at radius 1 is 1.39 bits per heavy atom. The van der Waals surface area contributed by atoms with Crippen molar-refractivity contribution in [2.75, 3.05) is 5.73 Å². The third kappa shape index (κ3) is 1.80. The molecule has 0 bridgehead atoms. The Balaban J connectivity index is 2.12. The fourth-order valence-corrected chi connectivity index (χ4v) is 2.49. The topological polar surface area (TPSA) is 43.8 Å². The van der Waals surface area contributed by atoms with E-state index in [1.54, 1.807) is 0 Å². The molecule has 1 heterocycles. The summed E-state index contributed by atoms with van der Waals surface area (Å²) in [5.74, 6) is 1.95. The highest BCUT2D eigenvalue weighted by Crippen LogP contribution is 2.41. The maximum Gasteiger partial charge on any atom is 0.131 e. The molecule has 1 aromatic heterocycles. The first-order valence-corrected chi connectivity index (χ1v) is 6.64. The summed E-state index contributed by atoms with van der Waals surface area (Å²) in [6.07, 6.45) is 3.41. The second-order valence-corrected chi connectivity index (χ2v) is 5.09. The van der Waals surface area contributed by atoms with Crippen LogP contribution in [0.5, 0.6) is 0 Å². The fraction of sp³-hybridized carbons (Fsp3) is 0.400. The standard InChI is InChI=1S/C15H19N3/c1-3-13-17-14(11-6-4-5-10(2)9-11)15(16)18(13)12-7-8-12/h4-6,9,12H,3,7-8,16H2,1-2H3. The summed E-state index contributed by atoms with van der Waals surface area (Å²) >= 11 is 0. The third-order valence-corrected chi connectivity index (χ3v) is 3.54. The molecule has 0 spiro atoms. The van der Waals surface area contributed by atoms with Crippen molar-refractivity contribution in [2.24, 2.45) is 0 Å². The summed E-state index contributed by atoms with van der Waals surface area (Å²) in [4.78, 5) is 4.74. The molecule has 0 atom stereocenters. The average molecular weight is 241 g/mol. The van der Waals surface area contributed by atoms with Gasteiger partial charge in [-0.3, -0.25) is 0 Å². The number of rotatable bonds is 3. The van der Waals surface area contributed by atoms with Crippen LogP contribution in [0.1, 0.15) is 37.2 Å². The van der Waals surface area contributed by atoms with Crippen LogP contribution in [0.25, 0.3) is 11.3 Å². The van der Waals surface area contributed by atoms with Crippen LogP contribution in [0.15, 0.2) is 24.3 Å². The van der Waals surface area contributed by atoms with Gasteiger partial charge in [-0.25, -0.2) is 4.98 Å².